The van der Waals surface area contributed by atoms with Crippen molar-refractivity contribution in [1.82, 2.24) is 4.90 Å². The summed E-state index contributed by atoms with van der Waals surface area (Å²) < 4.78 is 5.62. The van der Waals surface area contributed by atoms with Crippen molar-refractivity contribution >= 4 is 5.78 Å². The molecule has 0 N–H and O–H groups in total. The van der Waals surface area contributed by atoms with Gasteiger partial charge in [-0.05, 0) is 26.0 Å². The van der Waals surface area contributed by atoms with E-state index in [4.69, 9.17) is 10.00 Å². The fourth-order valence-electron chi connectivity index (χ4n) is 2.27. The maximum Gasteiger partial charge on any atom is 0.176 e. The summed E-state index contributed by atoms with van der Waals surface area (Å²) in [5.74, 6) is 0.0854. The molecule has 0 atom stereocenters. The van der Waals surface area contributed by atoms with E-state index in [1.807, 2.05) is 19.9 Å². The van der Waals surface area contributed by atoms with E-state index in [1.54, 1.807) is 24.3 Å². The zero-order valence-corrected chi connectivity index (χ0v) is 11.3. The lowest BCUT2D eigenvalue weighted by molar-refractivity contribution is -0.0833. The van der Waals surface area contributed by atoms with Crippen LogP contribution in [0.5, 0.6) is 0 Å². The molecule has 0 amide bonds. The smallest absolute Gasteiger partial charge is 0.176 e. The molecule has 1 aliphatic heterocycles. The number of hydrogen-bond acceptors (Lipinski definition) is 4. The van der Waals surface area contributed by atoms with Gasteiger partial charge in [-0.1, -0.05) is 12.1 Å². The van der Waals surface area contributed by atoms with Gasteiger partial charge < -0.3 is 4.74 Å². The molecule has 4 nitrogen and oxygen atoms in total. The molecule has 0 aliphatic carbocycles. The molecule has 0 saturated carbocycles. The first-order valence-corrected chi connectivity index (χ1v) is 6.40. The predicted molar refractivity (Wildman–Crippen MR) is 72.0 cm³/mol. The highest BCUT2D eigenvalue weighted by Gasteiger charge is 2.28. The van der Waals surface area contributed by atoms with E-state index >= 15 is 0 Å². The molecule has 1 aromatic carbocycles. The lowest BCUT2D eigenvalue weighted by Gasteiger charge is -2.37. The van der Waals surface area contributed by atoms with E-state index in [-0.39, 0.29) is 11.4 Å². The number of benzene rings is 1. The van der Waals surface area contributed by atoms with Gasteiger partial charge in [0.2, 0.25) is 0 Å². The van der Waals surface area contributed by atoms with Crippen LogP contribution >= 0.6 is 0 Å². The number of ether oxygens (including phenoxy) is 1. The summed E-state index contributed by atoms with van der Waals surface area (Å²) in [5.41, 5.74) is 1.04. The van der Waals surface area contributed by atoms with Crippen molar-refractivity contribution in [2.24, 2.45) is 0 Å². The van der Waals surface area contributed by atoms with Crippen LogP contribution in [0.3, 0.4) is 0 Å². The minimum Gasteiger partial charge on any atom is -0.373 e. The zero-order valence-electron chi connectivity index (χ0n) is 11.3. The Morgan fingerprint density at radius 3 is 2.68 bits per heavy atom. The molecular formula is C15H18N2O2. The third-order valence-electron chi connectivity index (χ3n) is 3.21. The molecule has 0 unspecified atom stereocenters. The average Bonchev–Trinajstić information content (AvgIpc) is 2.37. The molecule has 1 heterocycles. The van der Waals surface area contributed by atoms with Crippen molar-refractivity contribution in [2.75, 3.05) is 26.2 Å². The third-order valence-corrected chi connectivity index (χ3v) is 3.21. The number of nitrogens with zero attached hydrogens (tertiary/aromatic N) is 2. The van der Waals surface area contributed by atoms with Crippen LogP contribution in [0.1, 0.15) is 29.8 Å². The monoisotopic (exact) mass is 258 g/mol. The third kappa shape index (κ3) is 3.63. The molecule has 100 valence electrons. The zero-order chi connectivity index (χ0) is 13.9. The number of morpholine rings is 1. The minimum atomic E-state index is -0.191. The van der Waals surface area contributed by atoms with E-state index < -0.39 is 0 Å². The van der Waals surface area contributed by atoms with Crippen molar-refractivity contribution < 1.29 is 9.53 Å². The largest absolute Gasteiger partial charge is 0.373 e. The highest BCUT2D eigenvalue weighted by Crippen LogP contribution is 2.16. The normalized spacial score (nSPS) is 18.8. The molecule has 0 bridgehead atoms. The number of Topliss-reactive ketones (excluding diaryl/α,β-unsaturated/α-hetero) is 1. The van der Waals surface area contributed by atoms with Crippen LogP contribution < -0.4 is 0 Å². The molecule has 19 heavy (non-hydrogen) atoms. The molecule has 0 spiro atoms. The molecule has 1 aromatic rings. The topological polar surface area (TPSA) is 53.3 Å². The Hall–Kier alpha value is -1.70. The van der Waals surface area contributed by atoms with Crippen LogP contribution in [0.15, 0.2) is 24.3 Å². The highest BCUT2D eigenvalue weighted by atomic mass is 16.5. The van der Waals surface area contributed by atoms with E-state index in [1.165, 1.54) is 0 Å². The van der Waals surface area contributed by atoms with Crippen molar-refractivity contribution in [3.05, 3.63) is 35.4 Å². The Morgan fingerprint density at radius 1 is 1.42 bits per heavy atom. The quantitative estimate of drug-likeness (QED) is 0.776. The summed E-state index contributed by atoms with van der Waals surface area (Å²) in [5, 5.41) is 8.73. The molecule has 2 rings (SSSR count). The second kappa shape index (κ2) is 5.52. The van der Waals surface area contributed by atoms with Gasteiger partial charge in [0, 0.05) is 18.7 Å². The summed E-state index contributed by atoms with van der Waals surface area (Å²) >= 11 is 0. The Kier molecular flexibility index (Phi) is 3.98. The molecule has 4 heteroatoms. The van der Waals surface area contributed by atoms with E-state index in [2.05, 4.69) is 4.90 Å². The SMILES string of the molecule is CC1(C)CN(CC(=O)c2ccc(C#N)cc2)CCO1. The first-order chi connectivity index (χ1) is 9.00. The van der Waals surface area contributed by atoms with Gasteiger partial charge in [-0.3, -0.25) is 9.69 Å². The molecule has 1 fully saturated rings. The molecule has 0 radical (unpaired) electrons. The summed E-state index contributed by atoms with van der Waals surface area (Å²) in [4.78, 5) is 14.3. The Labute approximate surface area is 113 Å². The average molecular weight is 258 g/mol. The van der Waals surface area contributed by atoms with Crippen LogP contribution in [0.25, 0.3) is 0 Å². The second-order valence-corrected chi connectivity index (χ2v) is 5.43. The summed E-state index contributed by atoms with van der Waals surface area (Å²) in [6.45, 7) is 6.67. The van der Waals surface area contributed by atoms with Gasteiger partial charge >= 0.3 is 0 Å². The lowest BCUT2D eigenvalue weighted by Crippen LogP contribution is -2.49. The number of hydrogen-bond donors (Lipinski definition) is 0. The van der Waals surface area contributed by atoms with Gasteiger partial charge in [0.15, 0.2) is 5.78 Å². The van der Waals surface area contributed by atoms with Crippen molar-refractivity contribution in [3.63, 3.8) is 0 Å². The van der Waals surface area contributed by atoms with Gasteiger partial charge in [-0.25, -0.2) is 0 Å². The Morgan fingerprint density at radius 2 is 2.11 bits per heavy atom. The molecule has 1 saturated heterocycles. The summed E-state index contributed by atoms with van der Waals surface area (Å²) in [6.07, 6.45) is 0. The molecular weight excluding hydrogens is 240 g/mol. The standard InChI is InChI=1S/C15H18N2O2/c1-15(2)11-17(7-8-19-15)10-14(18)13-5-3-12(9-16)4-6-13/h3-6H,7-8,10-11H2,1-2H3. The van der Waals surface area contributed by atoms with Crippen LogP contribution in [0.4, 0.5) is 0 Å². The van der Waals surface area contributed by atoms with E-state index in [9.17, 15) is 4.79 Å². The number of ketones is 1. The number of carbonyl (C=O) groups is 1. The van der Waals surface area contributed by atoms with Crippen LogP contribution in [0.2, 0.25) is 0 Å². The van der Waals surface area contributed by atoms with Gasteiger partial charge in [0.1, 0.15) is 0 Å². The maximum atomic E-state index is 12.2. The lowest BCUT2D eigenvalue weighted by atomic mass is 10.1. The van der Waals surface area contributed by atoms with E-state index in [0.717, 1.165) is 13.1 Å². The molecule has 1 aliphatic rings. The minimum absolute atomic E-state index is 0.0854. The van der Waals surface area contributed by atoms with Crippen molar-refractivity contribution in [3.8, 4) is 6.07 Å². The fraction of sp³-hybridized carbons (Fsp3) is 0.467. The predicted octanol–water partition coefficient (Wildman–Crippen LogP) is 1.85. The highest BCUT2D eigenvalue weighted by molar-refractivity contribution is 5.97. The first kappa shape index (κ1) is 13.7. The van der Waals surface area contributed by atoms with E-state index in [0.29, 0.717) is 24.3 Å². The second-order valence-electron chi connectivity index (χ2n) is 5.43. The Balaban J connectivity index is 1.98. The van der Waals surface area contributed by atoms with Gasteiger partial charge in [-0.2, -0.15) is 5.26 Å². The van der Waals surface area contributed by atoms with Crippen LogP contribution in [-0.2, 0) is 4.74 Å². The maximum absolute atomic E-state index is 12.2. The van der Waals surface area contributed by atoms with Crippen molar-refractivity contribution in [2.45, 2.75) is 19.4 Å². The number of carbonyl (C=O) groups excluding carboxylic acids is 1. The summed E-state index contributed by atoms with van der Waals surface area (Å²) in [7, 11) is 0. The van der Waals surface area contributed by atoms with Gasteiger partial charge in [0.05, 0.1) is 30.4 Å². The Bertz CT molecular complexity index is 500. The fourth-order valence-corrected chi connectivity index (χ4v) is 2.27. The van der Waals surface area contributed by atoms with Crippen LogP contribution in [0, 0.1) is 11.3 Å². The van der Waals surface area contributed by atoms with Crippen LogP contribution in [-0.4, -0.2) is 42.5 Å². The first-order valence-electron chi connectivity index (χ1n) is 6.40. The summed E-state index contributed by atoms with van der Waals surface area (Å²) in [6, 6.07) is 8.83. The van der Waals surface area contributed by atoms with Gasteiger partial charge in [-0.15, -0.1) is 0 Å². The molecule has 0 aromatic heterocycles. The number of rotatable bonds is 3. The number of nitriles is 1. The van der Waals surface area contributed by atoms with Gasteiger partial charge in [0.25, 0.3) is 0 Å². The van der Waals surface area contributed by atoms with Crippen molar-refractivity contribution in [1.29, 1.82) is 5.26 Å².